The maximum atomic E-state index is 12.4. The summed E-state index contributed by atoms with van der Waals surface area (Å²) in [4.78, 5) is 12.4. The summed E-state index contributed by atoms with van der Waals surface area (Å²) in [7, 11) is 0. The molecule has 0 bridgehead atoms. The van der Waals surface area contributed by atoms with Crippen molar-refractivity contribution in [1.29, 1.82) is 0 Å². The van der Waals surface area contributed by atoms with E-state index >= 15 is 0 Å². The molecule has 0 saturated heterocycles. The van der Waals surface area contributed by atoms with Crippen molar-refractivity contribution in [3.05, 3.63) is 108 Å². The van der Waals surface area contributed by atoms with Crippen LogP contribution in [0.3, 0.4) is 0 Å². The number of amides is 1. The number of carbonyl (C=O) groups excluding carboxylic acids is 1. The van der Waals surface area contributed by atoms with Gasteiger partial charge in [-0.25, -0.2) is 4.68 Å². The number of hydrogen-bond acceptors (Lipinski definition) is 5. The van der Waals surface area contributed by atoms with Crippen molar-refractivity contribution in [3.8, 4) is 11.5 Å². The van der Waals surface area contributed by atoms with Gasteiger partial charge in [0, 0.05) is 12.3 Å². The number of carbonyl (C=O) groups is 1. The molecule has 0 radical (unpaired) electrons. The fourth-order valence-electron chi connectivity index (χ4n) is 3.79. The second kappa shape index (κ2) is 14.4. The number of anilines is 1. The maximum Gasteiger partial charge on any atom is 0.248 e. The molecule has 38 heavy (non-hydrogen) atoms. The maximum absolute atomic E-state index is 12.4. The SMILES string of the molecule is CCCCOc1ccccc1NC(=O)/C=C/c1ccc(OCCCc2cn(Cc3ccccc3)nn2)cc1. The lowest BCUT2D eigenvalue weighted by Crippen LogP contribution is -2.09. The molecular weight excluding hydrogens is 476 g/mol. The lowest BCUT2D eigenvalue weighted by molar-refractivity contribution is -0.111. The minimum absolute atomic E-state index is 0.211. The number of nitrogens with one attached hydrogen (secondary N) is 1. The summed E-state index contributed by atoms with van der Waals surface area (Å²) in [5, 5.41) is 11.4. The largest absolute Gasteiger partial charge is 0.494 e. The van der Waals surface area contributed by atoms with Crippen LogP contribution in [0.1, 0.15) is 43.0 Å². The molecule has 7 heteroatoms. The number of benzene rings is 3. The van der Waals surface area contributed by atoms with Gasteiger partial charge in [-0.15, -0.1) is 5.10 Å². The zero-order valence-corrected chi connectivity index (χ0v) is 21.8. The summed E-state index contributed by atoms with van der Waals surface area (Å²) >= 11 is 0. The monoisotopic (exact) mass is 510 g/mol. The molecule has 0 aliphatic heterocycles. The summed E-state index contributed by atoms with van der Waals surface area (Å²) in [6, 6.07) is 25.4. The van der Waals surface area contributed by atoms with E-state index < -0.39 is 0 Å². The molecule has 1 heterocycles. The predicted octanol–water partition coefficient (Wildman–Crippen LogP) is 6.17. The molecular formula is C31H34N4O3. The van der Waals surface area contributed by atoms with E-state index in [0.717, 1.165) is 42.7 Å². The van der Waals surface area contributed by atoms with Gasteiger partial charge < -0.3 is 14.8 Å². The molecule has 0 aliphatic carbocycles. The van der Waals surface area contributed by atoms with Gasteiger partial charge in [-0.05, 0) is 60.7 Å². The number of aryl methyl sites for hydroxylation is 1. The third kappa shape index (κ3) is 8.62. The van der Waals surface area contributed by atoms with Gasteiger partial charge in [-0.1, -0.05) is 73.2 Å². The number of para-hydroxylation sites is 2. The highest BCUT2D eigenvalue weighted by Gasteiger charge is 2.06. The van der Waals surface area contributed by atoms with Gasteiger partial charge in [-0.2, -0.15) is 0 Å². The van der Waals surface area contributed by atoms with Crippen molar-refractivity contribution < 1.29 is 14.3 Å². The lowest BCUT2D eigenvalue weighted by Gasteiger charge is -2.11. The summed E-state index contributed by atoms with van der Waals surface area (Å²) in [5.41, 5.74) is 3.73. The molecule has 0 fully saturated rings. The normalized spacial score (nSPS) is 11.0. The first-order valence-corrected chi connectivity index (χ1v) is 13.1. The zero-order valence-electron chi connectivity index (χ0n) is 21.8. The fraction of sp³-hybridized carbons (Fsp3) is 0.258. The van der Waals surface area contributed by atoms with Crippen LogP contribution in [0, 0.1) is 0 Å². The summed E-state index contributed by atoms with van der Waals surface area (Å²) < 4.78 is 13.5. The van der Waals surface area contributed by atoms with Crippen molar-refractivity contribution in [2.24, 2.45) is 0 Å². The molecule has 1 amide bonds. The van der Waals surface area contributed by atoms with E-state index in [1.54, 1.807) is 6.08 Å². The third-order valence-electron chi connectivity index (χ3n) is 5.83. The third-order valence-corrected chi connectivity index (χ3v) is 5.83. The van der Waals surface area contributed by atoms with Crippen molar-refractivity contribution in [2.45, 2.75) is 39.2 Å². The Morgan fingerprint density at radius 3 is 2.50 bits per heavy atom. The number of nitrogens with zero attached hydrogens (tertiary/aromatic N) is 3. The summed E-state index contributed by atoms with van der Waals surface area (Å²) in [5.74, 6) is 1.26. The summed E-state index contributed by atoms with van der Waals surface area (Å²) in [6.45, 7) is 4.05. The molecule has 196 valence electrons. The van der Waals surface area contributed by atoms with Crippen LogP contribution in [0.4, 0.5) is 5.69 Å². The van der Waals surface area contributed by atoms with Crippen molar-refractivity contribution in [3.63, 3.8) is 0 Å². The number of rotatable bonds is 14. The van der Waals surface area contributed by atoms with Crippen LogP contribution in [-0.2, 0) is 17.8 Å². The lowest BCUT2D eigenvalue weighted by atomic mass is 10.2. The Bertz CT molecular complexity index is 1300. The first kappa shape index (κ1) is 26.7. The van der Waals surface area contributed by atoms with Crippen LogP contribution in [0.15, 0.2) is 91.1 Å². The van der Waals surface area contributed by atoms with Gasteiger partial charge in [0.2, 0.25) is 5.91 Å². The molecule has 0 aliphatic rings. The highest BCUT2D eigenvalue weighted by atomic mass is 16.5. The molecule has 1 aromatic heterocycles. The molecule has 4 aromatic rings. The van der Waals surface area contributed by atoms with Gasteiger partial charge in [0.1, 0.15) is 11.5 Å². The van der Waals surface area contributed by atoms with E-state index in [1.165, 1.54) is 11.6 Å². The van der Waals surface area contributed by atoms with Crippen LogP contribution < -0.4 is 14.8 Å². The molecule has 0 atom stereocenters. The van der Waals surface area contributed by atoms with Crippen LogP contribution in [0.5, 0.6) is 11.5 Å². The Morgan fingerprint density at radius 1 is 0.921 bits per heavy atom. The Hall–Kier alpha value is -4.39. The molecule has 4 rings (SSSR count). The highest BCUT2D eigenvalue weighted by Crippen LogP contribution is 2.24. The number of ether oxygens (including phenoxy) is 2. The second-order valence-electron chi connectivity index (χ2n) is 8.93. The molecule has 0 unspecified atom stereocenters. The predicted molar refractivity (Wildman–Crippen MR) is 150 cm³/mol. The van der Waals surface area contributed by atoms with E-state index in [-0.39, 0.29) is 5.91 Å². The molecule has 0 saturated carbocycles. The molecule has 3 aromatic carbocycles. The van der Waals surface area contributed by atoms with Gasteiger partial charge in [0.05, 0.1) is 31.1 Å². The van der Waals surface area contributed by atoms with Gasteiger partial charge >= 0.3 is 0 Å². The Labute approximate surface area is 224 Å². The van der Waals surface area contributed by atoms with Gasteiger partial charge in [-0.3, -0.25) is 4.79 Å². The second-order valence-corrected chi connectivity index (χ2v) is 8.93. The minimum Gasteiger partial charge on any atom is -0.494 e. The molecule has 0 spiro atoms. The van der Waals surface area contributed by atoms with Crippen molar-refractivity contribution in [1.82, 2.24) is 15.0 Å². The van der Waals surface area contributed by atoms with Crippen LogP contribution >= 0.6 is 0 Å². The Morgan fingerprint density at radius 2 is 1.68 bits per heavy atom. The molecule has 1 N–H and O–H groups in total. The van der Waals surface area contributed by atoms with E-state index in [2.05, 4.69) is 34.7 Å². The minimum atomic E-state index is -0.211. The standard InChI is InChI=1S/C31H34N4O3/c1-2-3-21-38-30-14-8-7-13-29(30)32-31(36)20-17-25-15-18-28(19-16-25)37-22-9-12-27-24-35(34-33-27)23-26-10-5-4-6-11-26/h4-8,10-11,13-20,24H,2-3,9,12,21-23H2,1H3,(H,32,36)/b20-17+. The fourth-order valence-corrected chi connectivity index (χ4v) is 3.79. The average molecular weight is 511 g/mol. The quantitative estimate of drug-likeness (QED) is 0.162. The van der Waals surface area contributed by atoms with E-state index in [4.69, 9.17) is 9.47 Å². The van der Waals surface area contributed by atoms with Crippen LogP contribution in [-0.4, -0.2) is 34.1 Å². The highest BCUT2D eigenvalue weighted by molar-refractivity contribution is 6.02. The van der Waals surface area contributed by atoms with E-state index in [0.29, 0.717) is 31.2 Å². The van der Waals surface area contributed by atoms with Crippen molar-refractivity contribution >= 4 is 17.7 Å². The first-order chi connectivity index (χ1) is 18.7. The Balaban J connectivity index is 1.18. The summed E-state index contributed by atoms with van der Waals surface area (Å²) in [6.07, 6.45) is 8.96. The zero-order chi connectivity index (χ0) is 26.4. The van der Waals surface area contributed by atoms with Crippen LogP contribution in [0.2, 0.25) is 0 Å². The van der Waals surface area contributed by atoms with Gasteiger partial charge in [0.25, 0.3) is 0 Å². The van der Waals surface area contributed by atoms with Gasteiger partial charge in [0.15, 0.2) is 0 Å². The number of aromatic nitrogens is 3. The van der Waals surface area contributed by atoms with E-state index in [9.17, 15) is 4.79 Å². The van der Waals surface area contributed by atoms with Crippen molar-refractivity contribution in [2.75, 3.05) is 18.5 Å². The van der Waals surface area contributed by atoms with Crippen LogP contribution in [0.25, 0.3) is 6.08 Å². The number of unbranched alkanes of at least 4 members (excludes halogenated alkanes) is 1. The first-order valence-electron chi connectivity index (χ1n) is 13.1. The molecule has 7 nitrogen and oxygen atoms in total. The Kier molecular flexibility index (Phi) is 10.1. The van der Waals surface area contributed by atoms with E-state index in [1.807, 2.05) is 77.6 Å². The number of hydrogen-bond donors (Lipinski definition) is 1. The topological polar surface area (TPSA) is 78.3 Å². The average Bonchev–Trinajstić information content (AvgIpc) is 3.39. The smallest absolute Gasteiger partial charge is 0.248 e.